The zero-order valence-electron chi connectivity index (χ0n) is 16.6. The van der Waals surface area contributed by atoms with Crippen LogP contribution in [0.4, 0.5) is 0 Å². The Bertz CT molecular complexity index is 1020. The van der Waals surface area contributed by atoms with E-state index in [0.29, 0.717) is 23.2 Å². The Labute approximate surface area is 169 Å². The predicted molar refractivity (Wildman–Crippen MR) is 109 cm³/mol. The van der Waals surface area contributed by atoms with E-state index in [2.05, 4.69) is 28.8 Å². The van der Waals surface area contributed by atoms with Gasteiger partial charge in [-0.3, -0.25) is 9.78 Å². The molecule has 1 N–H and O–H groups in total. The van der Waals surface area contributed by atoms with E-state index in [1.807, 2.05) is 12.1 Å². The Morgan fingerprint density at radius 2 is 2.00 bits per heavy atom. The summed E-state index contributed by atoms with van der Waals surface area (Å²) in [6, 6.07) is 8.87. The molecule has 2 unspecified atom stereocenters. The van der Waals surface area contributed by atoms with Crippen LogP contribution in [-0.4, -0.2) is 51.4 Å². The van der Waals surface area contributed by atoms with Gasteiger partial charge >= 0.3 is 5.97 Å². The fraction of sp³-hybridized carbons (Fsp3) is 0.364. The van der Waals surface area contributed by atoms with Gasteiger partial charge in [0.2, 0.25) is 0 Å². The molecule has 7 heteroatoms. The third kappa shape index (κ3) is 4.29. The number of pyridine rings is 1. The van der Waals surface area contributed by atoms with E-state index < -0.39 is 5.97 Å². The first kappa shape index (κ1) is 19.1. The van der Waals surface area contributed by atoms with Crippen LogP contribution in [0.25, 0.3) is 22.4 Å². The molecule has 3 heterocycles. The first-order valence-electron chi connectivity index (χ1n) is 9.84. The molecular formula is C22H24N4O3. The molecule has 0 saturated carbocycles. The van der Waals surface area contributed by atoms with Gasteiger partial charge < -0.3 is 14.6 Å². The SMILES string of the molecule is CC1CC(C)CN(C(=O)COC(=O)c2ccc3nc(-c4cccnc4)[nH]c3c2)C1. The molecule has 2 atom stereocenters. The molecule has 1 amide bonds. The van der Waals surface area contributed by atoms with Crippen LogP contribution in [-0.2, 0) is 9.53 Å². The van der Waals surface area contributed by atoms with Crippen LogP contribution in [0, 0.1) is 11.8 Å². The van der Waals surface area contributed by atoms with Gasteiger partial charge in [0.15, 0.2) is 6.61 Å². The van der Waals surface area contributed by atoms with Gasteiger partial charge in [0.05, 0.1) is 16.6 Å². The normalized spacial score (nSPS) is 19.3. The maximum atomic E-state index is 12.4. The van der Waals surface area contributed by atoms with Gasteiger partial charge in [0.25, 0.3) is 5.91 Å². The van der Waals surface area contributed by atoms with Crippen molar-refractivity contribution in [2.75, 3.05) is 19.7 Å². The van der Waals surface area contributed by atoms with Crippen molar-refractivity contribution in [3.05, 3.63) is 48.3 Å². The summed E-state index contributed by atoms with van der Waals surface area (Å²) in [6.07, 6.45) is 4.54. The lowest BCUT2D eigenvalue weighted by molar-refractivity contribution is -0.137. The second kappa shape index (κ2) is 8.03. The quantitative estimate of drug-likeness (QED) is 0.689. The summed E-state index contributed by atoms with van der Waals surface area (Å²) >= 11 is 0. The molecule has 1 aliphatic heterocycles. The Morgan fingerprint density at radius 1 is 1.21 bits per heavy atom. The molecule has 0 spiro atoms. The fourth-order valence-corrected chi connectivity index (χ4v) is 3.94. The number of H-pyrrole nitrogens is 1. The Morgan fingerprint density at radius 3 is 2.72 bits per heavy atom. The molecule has 3 aromatic rings. The number of likely N-dealkylation sites (tertiary alicyclic amines) is 1. The summed E-state index contributed by atoms with van der Waals surface area (Å²) in [5, 5.41) is 0. The highest BCUT2D eigenvalue weighted by Gasteiger charge is 2.26. The molecule has 4 rings (SSSR count). The van der Waals surface area contributed by atoms with Crippen molar-refractivity contribution in [1.82, 2.24) is 19.9 Å². The fourth-order valence-electron chi connectivity index (χ4n) is 3.94. The summed E-state index contributed by atoms with van der Waals surface area (Å²) in [7, 11) is 0. The van der Waals surface area contributed by atoms with Crippen LogP contribution >= 0.6 is 0 Å². The standard InChI is InChI=1S/C22H24N4O3/c1-14-8-15(2)12-26(11-14)20(27)13-29-22(28)16-5-6-18-19(9-16)25-21(24-18)17-4-3-7-23-10-17/h3-7,9-10,14-15H,8,11-13H2,1-2H3,(H,24,25). The lowest BCUT2D eigenvalue weighted by Gasteiger charge is -2.34. The number of imidazole rings is 1. The molecule has 1 fully saturated rings. The lowest BCUT2D eigenvalue weighted by Crippen LogP contribution is -2.44. The highest BCUT2D eigenvalue weighted by Crippen LogP contribution is 2.22. The number of nitrogens with zero attached hydrogens (tertiary/aromatic N) is 3. The molecule has 0 radical (unpaired) electrons. The predicted octanol–water partition coefficient (Wildman–Crippen LogP) is 3.29. The minimum atomic E-state index is -0.518. The number of amides is 1. The monoisotopic (exact) mass is 392 g/mol. The second-order valence-electron chi connectivity index (χ2n) is 7.88. The van der Waals surface area contributed by atoms with Crippen molar-refractivity contribution in [3.63, 3.8) is 0 Å². The molecule has 2 aromatic heterocycles. The molecule has 29 heavy (non-hydrogen) atoms. The van der Waals surface area contributed by atoms with Crippen LogP contribution in [0.15, 0.2) is 42.7 Å². The van der Waals surface area contributed by atoms with Gasteiger partial charge in [-0.1, -0.05) is 13.8 Å². The number of benzene rings is 1. The minimum absolute atomic E-state index is 0.141. The maximum Gasteiger partial charge on any atom is 0.338 e. The van der Waals surface area contributed by atoms with E-state index in [9.17, 15) is 9.59 Å². The van der Waals surface area contributed by atoms with Gasteiger partial charge in [0.1, 0.15) is 5.82 Å². The number of esters is 1. The number of carbonyl (C=O) groups excluding carboxylic acids is 2. The smallest absolute Gasteiger partial charge is 0.338 e. The topological polar surface area (TPSA) is 88.2 Å². The van der Waals surface area contributed by atoms with E-state index in [1.54, 1.807) is 35.5 Å². The van der Waals surface area contributed by atoms with Gasteiger partial charge in [0, 0.05) is 31.0 Å². The zero-order chi connectivity index (χ0) is 20.4. The van der Waals surface area contributed by atoms with Crippen molar-refractivity contribution in [3.8, 4) is 11.4 Å². The van der Waals surface area contributed by atoms with Crippen molar-refractivity contribution < 1.29 is 14.3 Å². The van der Waals surface area contributed by atoms with E-state index in [4.69, 9.17) is 4.74 Å². The number of carbonyl (C=O) groups is 2. The van der Waals surface area contributed by atoms with Crippen molar-refractivity contribution in [2.24, 2.45) is 11.8 Å². The number of aromatic nitrogens is 3. The minimum Gasteiger partial charge on any atom is -0.452 e. The molecular weight excluding hydrogens is 368 g/mol. The van der Waals surface area contributed by atoms with Crippen LogP contribution < -0.4 is 0 Å². The molecule has 1 aromatic carbocycles. The number of hydrogen-bond donors (Lipinski definition) is 1. The average molecular weight is 392 g/mol. The Kier molecular flexibility index (Phi) is 5.29. The molecule has 150 valence electrons. The van der Waals surface area contributed by atoms with E-state index in [-0.39, 0.29) is 12.5 Å². The highest BCUT2D eigenvalue weighted by molar-refractivity contribution is 5.95. The second-order valence-corrected chi connectivity index (χ2v) is 7.88. The third-order valence-corrected chi connectivity index (χ3v) is 5.20. The highest BCUT2D eigenvalue weighted by atomic mass is 16.5. The van der Waals surface area contributed by atoms with Crippen molar-refractivity contribution in [1.29, 1.82) is 0 Å². The van der Waals surface area contributed by atoms with Crippen LogP contribution in [0.2, 0.25) is 0 Å². The largest absolute Gasteiger partial charge is 0.452 e. The number of nitrogens with one attached hydrogen (secondary N) is 1. The Hall–Kier alpha value is -3.22. The summed E-state index contributed by atoms with van der Waals surface area (Å²) in [4.78, 5) is 38.5. The number of ether oxygens (including phenoxy) is 1. The molecule has 1 saturated heterocycles. The number of piperidine rings is 1. The number of rotatable bonds is 4. The number of fused-ring (bicyclic) bond motifs is 1. The van der Waals surface area contributed by atoms with Crippen LogP contribution in [0.1, 0.15) is 30.6 Å². The lowest BCUT2D eigenvalue weighted by atomic mass is 9.92. The van der Waals surface area contributed by atoms with E-state index in [0.717, 1.165) is 36.1 Å². The van der Waals surface area contributed by atoms with Crippen LogP contribution in [0.3, 0.4) is 0 Å². The third-order valence-electron chi connectivity index (χ3n) is 5.20. The maximum absolute atomic E-state index is 12.4. The zero-order valence-corrected chi connectivity index (χ0v) is 16.6. The van der Waals surface area contributed by atoms with E-state index >= 15 is 0 Å². The van der Waals surface area contributed by atoms with Gasteiger partial charge in [-0.05, 0) is 48.6 Å². The first-order chi connectivity index (χ1) is 14.0. The molecule has 0 aliphatic carbocycles. The summed E-state index contributed by atoms with van der Waals surface area (Å²) in [6.45, 7) is 5.48. The number of aromatic amines is 1. The van der Waals surface area contributed by atoms with Crippen molar-refractivity contribution >= 4 is 22.9 Å². The summed E-state index contributed by atoms with van der Waals surface area (Å²) < 4.78 is 5.28. The van der Waals surface area contributed by atoms with Gasteiger partial charge in [-0.25, -0.2) is 9.78 Å². The van der Waals surface area contributed by atoms with Crippen molar-refractivity contribution in [2.45, 2.75) is 20.3 Å². The number of hydrogen-bond acceptors (Lipinski definition) is 5. The summed E-state index contributed by atoms with van der Waals surface area (Å²) in [5.74, 6) is 0.960. The van der Waals surface area contributed by atoms with Gasteiger partial charge in [-0.2, -0.15) is 0 Å². The first-order valence-corrected chi connectivity index (χ1v) is 9.84. The van der Waals surface area contributed by atoms with Crippen LogP contribution in [0.5, 0.6) is 0 Å². The average Bonchev–Trinajstić information content (AvgIpc) is 3.15. The summed E-state index contributed by atoms with van der Waals surface area (Å²) in [5.41, 5.74) is 2.71. The molecule has 1 aliphatic rings. The Balaban J connectivity index is 1.42. The molecule has 0 bridgehead atoms. The van der Waals surface area contributed by atoms with Gasteiger partial charge in [-0.15, -0.1) is 0 Å². The van der Waals surface area contributed by atoms with E-state index in [1.165, 1.54) is 0 Å². The molecule has 7 nitrogen and oxygen atoms in total.